The number of nitrogens with two attached hydrogens (primary N) is 1. The Bertz CT molecular complexity index is 522. The van der Waals surface area contributed by atoms with Crippen LogP contribution < -0.4 is 5.73 Å². The average molecular weight is 214 g/mol. The van der Waals surface area contributed by atoms with Gasteiger partial charge >= 0.3 is 0 Å². The van der Waals surface area contributed by atoms with Crippen molar-refractivity contribution >= 4 is 15.9 Å². The van der Waals surface area contributed by atoms with Crippen LogP contribution in [0, 0.1) is 5.82 Å². The number of sulfonamides is 1. The molecule has 6 heteroatoms. The van der Waals surface area contributed by atoms with Gasteiger partial charge in [0, 0.05) is 5.56 Å². The van der Waals surface area contributed by atoms with Crippen LogP contribution in [-0.2, 0) is 15.8 Å². The lowest BCUT2D eigenvalue weighted by molar-refractivity contribution is 0.595. The highest BCUT2D eigenvalue weighted by Gasteiger charge is 2.21. The van der Waals surface area contributed by atoms with Gasteiger partial charge in [-0.05, 0) is 17.7 Å². The van der Waals surface area contributed by atoms with Crippen molar-refractivity contribution in [2.24, 2.45) is 10.1 Å². The smallest absolute Gasteiger partial charge is 0.259 e. The summed E-state index contributed by atoms with van der Waals surface area (Å²) in [6.45, 7) is 0. The number of amidine groups is 1. The number of rotatable bonds is 0. The van der Waals surface area contributed by atoms with Gasteiger partial charge in [-0.25, -0.2) is 12.8 Å². The van der Waals surface area contributed by atoms with Crippen LogP contribution in [-0.4, -0.2) is 14.3 Å². The standard InChI is InChI=1S/C8H7FN2O2S/c9-6-2-1-5-4-14(12,13)11-8(10)7(5)3-6/h1-3H,4H2,(H2,10,11). The Morgan fingerprint density at radius 3 is 2.86 bits per heavy atom. The molecule has 2 rings (SSSR count). The van der Waals surface area contributed by atoms with Gasteiger partial charge in [-0.3, -0.25) is 0 Å². The van der Waals surface area contributed by atoms with Crippen LogP contribution in [0.15, 0.2) is 22.6 Å². The van der Waals surface area contributed by atoms with Crippen molar-refractivity contribution < 1.29 is 12.8 Å². The third kappa shape index (κ3) is 1.48. The van der Waals surface area contributed by atoms with Gasteiger partial charge in [-0.1, -0.05) is 6.07 Å². The molecule has 1 aliphatic heterocycles. The van der Waals surface area contributed by atoms with Crippen LogP contribution >= 0.6 is 0 Å². The van der Waals surface area contributed by atoms with Crippen LogP contribution in [0.4, 0.5) is 4.39 Å². The van der Waals surface area contributed by atoms with E-state index in [9.17, 15) is 12.8 Å². The monoisotopic (exact) mass is 214 g/mol. The molecule has 1 aromatic carbocycles. The summed E-state index contributed by atoms with van der Waals surface area (Å²) in [5.41, 5.74) is 6.24. The lowest BCUT2D eigenvalue weighted by Gasteiger charge is -2.13. The number of nitrogens with zero attached hydrogens (tertiary/aromatic N) is 1. The first-order valence-corrected chi connectivity index (χ1v) is 5.46. The predicted molar refractivity (Wildman–Crippen MR) is 49.7 cm³/mol. The van der Waals surface area contributed by atoms with Crippen molar-refractivity contribution in [2.45, 2.75) is 5.75 Å². The van der Waals surface area contributed by atoms with Crippen LogP contribution in [0.3, 0.4) is 0 Å². The second-order valence-corrected chi connectivity index (χ2v) is 4.64. The molecular formula is C8H7FN2O2S. The Labute approximate surface area is 80.3 Å². The maximum atomic E-state index is 12.8. The zero-order valence-electron chi connectivity index (χ0n) is 7.07. The van der Waals surface area contributed by atoms with Gasteiger partial charge in [0.15, 0.2) is 0 Å². The molecule has 14 heavy (non-hydrogen) atoms. The first-order valence-electron chi connectivity index (χ1n) is 3.85. The van der Waals surface area contributed by atoms with E-state index < -0.39 is 15.8 Å². The van der Waals surface area contributed by atoms with Crippen molar-refractivity contribution in [3.05, 3.63) is 35.1 Å². The minimum absolute atomic E-state index is 0.147. The van der Waals surface area contributed by atoms with Crippen molar-refractivity contribution in [3.63, 3.8) is 0 Å². The van der Waals surface area contributed by atoms with E-state index in [0.717, 1.165) is 0 Å². The zero-order valence-corrected chi connectivity index (χ0v) is 7.88. The van der Waals surface area contributed by atoms with E-state index in [1.165, 1.54) is 18.2 Å². The summed E-state index contributed by atoms with van der Waals surface area (Å²) in [5.74, 6) is -0.824. The topological polar surface area (TPSA) is 72.5 Å². The molecule has 0 aromatic heterocycles. The summed E-state index contributed by atoms with van der Waals surface area (Å²) in [5, 5.41) is 0. The second-order valence-electron chi connectivity index (χ2n) is 3.00. The van der Waals surface area contributed by atoms with Gasteiger partial charge in [-0.2, -0.15) is 0 Å². The molecular weight excluding hydrogens is 207 g/mol. The molecule has 0 amide bonds. The van der Waals surface area contributed by atoms with Crippen molar-refractivity contribution in [3.8, 4) is 0 Å². The molecule has 0 atom stereocenters. The highest BCUT2D eigenvalue weighted by atomic mass is 32.2. The Morgan fingerprint density at radius 2 is 2.14 bits per heavy atom. The molecule has 0 saturated heterocycles. The summed E-state index contributed by atoms with van der Waals surface area (Å²) in [6.07, 6.45) is 0. The lowest BCUT2D eigenvalue weighted by atomic mass is 10.1. The van der Waals surface area contributed by atoms with Gasteiger partial charge in [0.05, 0.1) is 5.75 Å². The Kier molecular flexibility index (Phi) is 1.81. The highest BCUT2D eigenvalue weighted by molar-refractivity contribution is 7.89. The van der Waals surface area contributed by atoms with E-state index in [1.807, 2.05) is 0 Å². The molecule has 0 saturated carbocycles. The van der Waals surface area contributed by atoms with Crippen LogP contribution in [0.1, 0.15) is 11.1 Å². The molecule has 0 fully saturated rings. The summed E-state index contributed by atoms with van der Waals surface area (Å²) >= 11 is 0. The first kappa shape index (κ1) is 9.14. The van der Waals surface area contributed by atoms with Crippen LogP contribution in [0.25, 0.3) is 0 Å². The molecule has 74 valence electrons. The van der Waals surface area contributed by atoms with Crippen molar-refractivity contribution in [1.29, 1.82) is 0 Å². The molecule has 0 aliphatic carbocycles. The van der Waals surface area contributed by atoms with E-state index in [0.29, 0.717) is 11.1 Å². The molecule has 0 unspecified atom stereocenters. The van der Waals surface area contributed by atoms with E-state index in [-0.39, 0.29) is 11.6 Å². The van der Waals surface area contributed by atoms with Crippen LogP contribution in [0.5, 0.6) is 0 Å². The van der Waals surface area contributed by atoms with E-state index >= 15 is 0 Å². The third-order valence-electron chi connectivity index (χ3n) is 1.92. The summed E-state index contributed by atoms with van der Waals surface area (Å²) in [4.78, 5) is 0. The molecule has 4 nitrogen and oxygen atoms in total. The normalized spacial score (nSPS) is 18.5. The lowest BCUT2D eigenvalue weighted by Crippen LogP contribution is -2.23. The fourth-order valence-corrected chi connectivity index (χ4v) is 2.45. The van der Waals surface area contributed by atoms with E-state index in [4.69, 9.17) is 5.73 Å². The Hall–Kier alpha value is -1.43. The minimum atomic E-state index is -3.52. The molecule has 0 bridgehead atoms. The second kappa shape index (κ2) is 2.78. The number of benzene rings is 1. The van der Waals surface area contributed by atoms with Crippen LogP contribution in [0.2, 0.25) is 0 Å². The minimum Gasteiger partial charge on any atom is -0.383 e. The average Bonchev–Trinajstić information content (AvgIpc) is 2.05. The Morgan fingerprint density at radius 1 is 1.43 bits per heavy atom. The summed E-state index contributed by atoms with van der Waals surface area (Å²) in [6, 6.07) is 3.79. The molecule has 1 aliphatic rings. The maximum Gasteiger partial charge on any atom is 0.259 e. The van der Waals surface area contributed by atoms with E-state index in [1.54, 1.807) is 0 Å². The SMILES string of the molecule is NC1=NS(=O)(=O)Cc2ccc(F)cc21. The summed E-state index contributed by atoms with van der Waals surface area (Å²) < 4.78 is 38.4. The molecule has 1 aromatic rings. The predicted octanol–water partition coefficient (Wildman–Crippen LogP) is 0.374. The van der Waals surface area contributed by atoms with Gasteiger partial charge in [0.2, 0.25) is 0 Å². The largest absolute Gasteiger partial charge is 0.383 e. The van der Waals surface area contributed by atoms with E-state index in [2.05, 4.69) is 4.40 Å². The fourth-order valence-electron chi connectivity index (χ4n) is 1.34. The fraction of sp³-hybridized carbons (Fsp3) is 0.125. The van der Waals surface area contributed by atoms with Gasteiger partial charge in [0.25, 0.3) is 10.0 Å². The quantitative estimate of drug-likeness (QED) is 0.678. The highest BCUT2D eigenvalue weighted by Crippen LogP contribution is 2.20. The van der Waals surface area contributed by atoms with Gasteiger partial charge in [0.1, 0.15) is 11.7 Å². The zero-order chi connectivity index (χ0) is 10.3. The molecule has 0 radical (unpaired) electrons. The molecule has 0 spiro atoms. The first-order chi connectivity index (χ1) is 6.48. The maximum absolute atomic E-state index is 12.8. The number of hydrogen-bond donors (Lipinski definition) is 1. The van der Waals surface area contributed by atoms with Gasteiger partial charge < -0.3 is 5.73 Å². The third-order valence-corrected chi connectivity index (χ3v) is 3.07. The van der Waals surface area contributed by atoms with Crippen molar-refractivity contribution in [2.75, 3.05) is 0 Å². The molecule has 2 N–H and O–H groups in total. The number of hydrogen-bond acceptors (Lipinski definition) is 3. The number of halogens is 1. The Balaban J connectivity index is 2.68. The summed E-state index contributed by atoms with van der Waals surface area (Å²) in [7, 11) is -3.52. The van der Waals surface area contributed by atoms with Crippen molar-refractivity contribution in [1.82, 2.24) is 0 Å². The number of fused-ring (bicyclic) bond motifs is 1. The van der Waals surface area contributed by atoms with Gasteiger partial charge in [-0.15, -0.1) is 4.40 Å². The molecule has 1 heterocycles.